The van der Waals surface area contributed by atoms with Gasteiger partial charge in [0.05, 0.1) is 18.3 Å². The number of carboxylic acid groups (broad SMARTS) is 1. The van der Waals surface area contributed by atoms with Crippen molar-refractivity contribution in [2.24, 2.45) is 11.8 Å². The molecule has 1 fully saturated rings. The standard InChI is InChI=1S/C22H34O5S/c23-16(15-28-17-8-4-3-5-9-17)12-13-19-18(20(24)14-21(19)25)10-6-1-2-7-11-22(26)27/h3-5,8-9,16,18-21,23-25H,1-2,6-7,10-15H2,(H,26,27)/t16?,18?,19-,20+,21-/m1/s1. The Morgan fingerprint density at radius 1 is 1.00 bits per heavy atom. The highest BCUT2D eigenvalue weighted by atomic mass is 32.2. The molecule has 28 heavy (non-hydrogen) atoms. The Morgan fingerprint density at radius 3 is 2.32 bits per heavy atom. The minimum atomic E-state index is -0.751. The number of aliphatic hydroxyl groups is 3. The van der Waals surface area contributed by atoms with Gasteiger partial charge in [0.2, 0.25) is 0 Å². The maximum Gasteiger partial charge on any atom is 0.303 e. The predicted molar refractivity (Wildman–Crippen MR) is 111 cm³/mol. The molecule has 0 bridgehead atoms. The summed E-state index contributed by atoms with van der Waals surface area (Å²) in [6.45, 7) is 0. The highest BCUT2D eigenvalue weighted by molar-refractivity contribution is 7.99. The summed E-state index contributed by atoms with van der Waals surface area (Å²) < 4.78 is 0. The van der Waals surface area contributed by atoms with Gasteiger partial charge in [-0.15, -0.1) is 11.8 Å². The van der Waals surface area contributed by atoms with E-state index in [4.69, 9.17) is 5.11 Å². The van der Waals surface area contributed by atoms with Crippen molar-refractivity contribution in [3.05, 3.63) is 30.3 Å². The van der Waals surface area contributed by atoms with Gasteiger partial charge in [-0.2, -0.15) is 0 Å². The van der Waals surface area contributed by atoms with Crippen LogP contribution in [0, 0.1) is 11.8 Å². The molecule has 1 saturated carbocycles. The second-order valence-electron chi connectivity index (χ2n) is 7.90. The molecule has 1 aromatic carbocycles. The molecular formula is C22H34O5S. The summed E-state index contributed by atoms with van der Waals surface area (Å²) in [5.41, 5.74) is 0. The number of carbonyl (C=O) groups is 1. The van der Waals surface area contributed by atoms with Gasteiger partial charge in [0.15, 0.2) is 0 Å². The molecular weight excluding hydrogens is 376 g/mol. The van der Waals surface area contributed by atoms with Crippen LogP contribution in [0.15, 0.2) is 35.2 Å². The monoisotopic (exact) mass is 410 g/mol. The van der Waals surface area contributed by atoms with Crippen molar-refractivity contribution < 1.29 is 25.2 Å². The summed E-state index contributed by atoms with van der Waals surface area (Å²) >= 11 is 1.63. The number of hydrogen-bond acceptors (Lipinski definition) is 5. The van der Waals surface area contributed by atoms with Crippen LogP contribution in [0.25, 0.3) is 0 Å². The van der Waals surface area contributed by atoms with E-state index in [2.05, 4.69) is 0 Å². The molecule has 158 valence electrons. The van der Waals surface area contributed by atoms with E-state index in [1.165, 1.54) is 0 Å². The lowest BCUT2D eigenvalue weighted by Crippen LogP contribution is -2.24. The highest BCUT2D eigenvalue weighted by Gasteiger charge is 2.40. The van der Waals surface area contributed by atoms with Gasteiger partial charge in [-0.1, -0.05) is 37.5 Å². The predicted octanol–water partition coefficient (Wildman–Crippen LogP) is 3.70. The number of carboxylic acids is 1. The molecule has 5 nitrogen and oxygen atoms in total. The number of aliphatic hydroxyl groups excluding tert-OH is 3. The number of thioether (sulfide) groups is 1. The van der Waals surface area contributed by atoms with Crippen LogP contribution in [-0.2, 0) is 4.79 Å². The molecule has 0 radical (unpaired) electrons. The third-order valence-corrected chi connectivity index (χ3v) is 6.88. The summed E-state index contributed by atoms with van der Waals surface area (Å²) in [4.78, 5) is 11.7. The third kappa shape index (κ3) is 8.11. The summed E-state index contributed by atoms with van der Waals surface area (Å²) in [5.74, 6) is -0.0175. The molecule has 0 aliphatic heterocycles. The van der Waals surface area contributed by atoms with Gasteiger partial charge in [-0.25, -0.2) is 0 Å². The molecule has 0 spiro atoms. The maximum atomic E-state index is 10.5. The summed E-state index contributed by atoms with van der Waals surface area (Å²) in [6, 6.07) is 10.00. The lowest BCUT2D eigenvalue weighted by atomic mass is 9.85. The molecule has 0 saturated heterocycles. The number of aliphatic carboxylic acids is 1. The largest absolute Gasteiger partial charge is 0.481 e. The van der Waals surface area contributed by atoms with Gasteiger partial charge in [0.25, 0.3) is 0 Å². The first-order valence-electron chi connectivity index (χ1n) is 10.4. The molecule has 2 unspecified atom stereocenters. The van der Waals surface area contributed by atoms with Crippen molar-refractivity contribution in [2.45, 2.75) is 81.0 Å². The van der Waals surface area contributed by atoms with E-state index in [0.717, 1.165) is 37.0 Å². The Labute approximate surface area is 172 Å². The molecule has 1 aromatic rings. The number of benzene rings is 1. The minimum absolute atomic E-state index is 0.0328. The van der Waals surface area contributed by atoms with Gasteiger partial charge in [-0.05, 0) is 56.1 Å². The van der Waals surface area contributed by atoms with Crippen LogP contribution in [0.2, 0.25) is 0 Å². The second-order valence-corrected chi connectivity index (χ2v) is 8.99. The number of rotatable bonds is 13. The van der Waals surface area contributed by atoms with E-state index in [0.29, 0.717) is 25.0 Å². The summed E-state index contributed by atoms with van der Waals surface area (Å²) in [5, 5.41) is 39.6. The zero-order valence-corrected chi connectivity index (χ0v) is 17.3. The Balaban J connectivity index is 1.69. The van der Waals surface area contributed by atoms with Crippen molar-refractivity contribution in [3.63, 3.8) is 0 Å². The van der Waals surface area contributed by atoms with Crippen LogP contribution < -0.4 is 0 Å². The van der Waals surface area contributed by atoms with Crippen LogP contribution in [0.5, 0.6) is 0 Å². The SMILES string of the molecule is O=C(O)CCCCCCC1[C@@H](CCC(O)CSc2ccccc2)[C@H](O)C[C@@H]1O. The van der Waals surface area contributed by atoms with Gasteiger partial charge in [-0.3, -0.25) is 4.79 Å². The summed E-state index contributed by atoms with van der Waals surface area (Å²) in [7, 11) is 0. The fourth-order valence-electron chi connectivity index (χ4n) is 4.17. The lowest BCUT2D eigenvalue weighted by molar-refractivity contribution is -0.137. The van der Waals surface area contributed by atoms with Gasteiger partial charge >= 0.3 is 5.97 Å². The van der Waals surface area contributed by atoms with Gasteiger partial charge in [0, 0.05) is 17.1 Å². The first-order chi connectivity index (χ1) is 13.5. The van der Waals surface area contributed by atoms with Crippen LogP contribution in [0.4, 0.5) is 0 Å². The van der Waals surface area contributed by atoms with Crippen LogP contribution in [-0.4, -0.2) is 50.5 Å². The topological polar surface area (TPSA) is 98.0 Å². The van der Waals surface area contributed by atoms with E-state index in [-0.39, 0.29) is 18.3 Å². The Morgan fingerprint density at radius 2 is 1.64 bits per heavy atom. The molecule has 0 amide bonds. The molecule has 1 aliphatic carbocycles. The van der Waals surface area contributed by atoms with Gasteiger partial charge in [0.1, 0.15) is 0 Å². The molecule has 0 aromatic heterocycles. The van der Waals surface area contributed by atoms with Crippen molar-refractivity contribution in [1.29, 1.82) is 0 Å². The molecule has 1 aliphatic rings. The van der Waals surface area contributed by atoms with Crippen LogP contribution >= 0.6 is 11.8 Å². The average molecular weight is 411 g/mol. The van der Waals surface area contributed by atoms with Crippen molar-refractivity contribution in [1.82, 2.24) is 0 Å². The Hall–Kier alpha value is -1.08. The molecule has 4 N–H and O–H groups in total. The van der Waals surface area contributed by atoms with E-state index < -0.39 is 24.3 Å². The van der Waals surface area contributed by atoms with Crippen LogP contribution in [0.1, 0.15) is 57.8 Å². The van der Waals surface area contributed by atoms with Crippen molar-refractivity contribution >= 4 is 17.7 Å². The summed E-state index contributed by atoms with van der Waals surface area (Å²) in [6.07, 6.45) is 4.91. The normalized spacial score (nSPS) is 25.7. The zero-order chi connectivity index (χ0) is 20.4. The molecule has 0 heterocycles. The fourth-order valence-corrected chi connectivity index (χ4v) is 5.07. The first-order valence-corrected chi connectivity index (χ1v) is 11.4. The van der Waals surface area contributed by atoms with Crippen molar-refractivity contribution in [2.75, 3.05) is 5.75 Å². The molecule has 6 heteroatoms. The highest BCUT2D eigenvalue weighted by Crippen LogP contribution is 2.39. The Kier molecular flexibility index (Phi) is 10.3. The molecule has 5 atom stereocenters. The fraction of sp³-hybridized carbons (Fsp3) is 0.682. The molecule has 2 rings (SSSR count). The zero-order valence-electron chi connectivity index (χ0n) is 16.4. The van der Waals surface area contributed by atoms with Crippen LogP contribution in [0.3, 0.4) is 0 Å². The van der Waals surface area contributed by atoms with E-state index >= 15 is 0 Å². The van der Waals surface area contributed by atoms with E-state index in [1.807, 2.05) is 30.3 Å². The van der Waals surface area contributed by atoms with Gasteiger partial charge < -0.3 is 20.4 Å². The number of hydrogen-bond donors (Lipinski definition) is 4. The second kappa shape index (κ2) is 12.5. The van der Waals surface area contributed by atoms with Crippen molar-refractivity contribution in [3.8, 4) is 0 Å². The van der Waals surface area contributed by atoms with E-state index in [9.17, 15) is 20.1 Å². The lowest BCUT2D eigenvalue weighted by Gasteiger charge is -2.24. The Bertz CT molecular complexity index is 567. The number of unbranched alkanes of at least 4 members (excludes halogenated alkanes) is 3. The quantitative estimate of drug-likeness (QED) is 0.292. The smallest absolute Gasteiger partial charge is 0.303 e. The third-order valence-electron chi connectivity index (χ3n) is 5.72. The average Bonchev–Trinajstić information content (AvgIpc) is 2.94. The first kappa shape index (κ1) is 23.2. The maximum absolute atomic E-state index is 10.5. The van der Waals surface area contributed by atoms with E-state index in [1.54, 1.807) is 11.8 Å². The minimum Gasteiger partial charge on any atom is -0.481 e.